The van der Waals surface area contributed by atoms with Crippen LogP contribution in [-0.4, -0.2) is 38.8 Å². The van der Waals surface area contributed by atoms with E-state index in [0.29, 0.717) is 13.0 Å². The number of benzene rings is 3. The van der Waals surface area contributed by atoms with Crippen LogP contribution in [0.15, 0.2) is 78.9 Å². The summed E-state index contributed by atoms with van der Waals surface area (Å²) in [6.07, 6.45) is 2.23. The number of hydrogen-bond donors (Lipinski definition) is 1. The van der Waals surface area contributed by atoms with Gasteiger partial charge in [-0.2, -0.15) is 0 Å². The summed E-state index contributed by atoms with van der Waals surface area (Å²) < 4.78 is 11.2. The number of para-hydroxylation sites is 1. The molecule has 0 saturated carbocycles. The zero-order valence-corrected chi connectivity index (χ0v) is 18.5. The van der Waals surface area contributed by atoms with Crippen LogP contribution in [0.4, 0.5) is 5.69 Å². The van der Waals surface area contributed by atoms with Gasteiger partial charge >= 0.3 is 0 Å². The van der Waals surface area contributed by atoms with Gasteiger partial charge in [-0.05, 0) is 48.7 Å². The van der Waals surface area contributed by atoms with Gasteiger partial charge in [0.15, 0.2) is 0 Å². The molecule has 3 aromatic rings. The second kappa shape index (κ2) is 10.7. The van der Waals surface area contributed by atoms with Gasteiger partial charge in [-0.1, -0.05) is 48.5 Å². The van der Waals surface area contributed by atoms with E-state index in [2.05, 4.69) is 34.5 Å². The smallest absolute Gasteiger partial charge is 0.223 e. The fourth-order valence-corrected chi connectivity index (χ4v) is 4.08. The lowest BCUT2D eigenvalue weighted by Crippen LogP contribution is -2.45. The van der Waals surface area contributed by atoms with Crippen molar-refractivity contribution in [1.29, 1.82) is 0 Å². The van der Waals surface area contributed by atoms with Gasteiger partial charge < -0.3 is 19.7 Å². The second-order valence-corrected chi connectivity index (χ2v) is 7.99. The van der Waals surface area contributed by atoms with Crippen molar-refractivity contribution in [3.63, 3.8) is 0 Å². The summed E-state index contributed by atoms with van der Waals surface area (Å²) >= 11 is 0. The summed E-state index contributed by atoms with van der Waals surface area (Å²) in [5.41, 5.74) is 3.34. The Balaban J connectivity index is 1.22. The van der Waals surface area contributed by atoms with Crippen LogP contribution in [0, 0.1) is 0 Å². The molecule has 0 unspecified atom stereocenters. The number of anilines is 1. The van der Waals surface area contributed by atoms with E-state index in [-0.39, 0.29) is 11.9 Å². The van der Waals surface area contributed by atoms with Crippen LogP contribution in [-0.2, 0) is 4.79 Å². The number of methoxy groups -OCH3 is 1. The predicted octanol–water partition coefficient (Wildman–Crippen LogP) is 4.92. The summed E-state index contributed by atoms with van der Waals surface area (Å²) in [5.74, 6) is 1.72. The summed E-state index contributed by atoms with van der Waals surface area (Å²) in [5, 5.41) is 3.18. The average Bonchev–Trinajstić information content (AvgIpc) is 2.85. The Bertz CT molecular complexity index is 997. The largest absolute Gasteiger partial charge is 0.497 e. The van der Waals surface area contributed by atoms with E-state index in [1.807, 2.05) is 54.6 Å². The van der Waals surface area contributed by atoms with Crippen LogP contribution in [0.5, 0.6) is 11.5 Å². The average molecular weight is 431 g/mol. The van der Waals surface area contributed by atoms with E-state index in [1.54, 1.807) is 7.11 Å². The Morgan fingerprint density at radius 3 is 2.34 bits per heavy atom. The minimum atomic E-state index is 0.0464. The summed E-state index contributed by atoms with van der Waals surface area (Å²) in [6.45, 7) is 2.22. The highest BCUT2D eigenvalue weighted by Crippen LogP contribution is 2.29. The first-order chi connectivity index (χ1) is 15.7. The van der Waals surface area contributed by atoms with E-state index in [1.165, 1.54) is 5.69 Å². The lowest BCUT2D eigenvalue weighted by molar-refractivity contribution is -0.122. The Morgan fingerprint density at radius 1 is 0.938 bits per heavy atom. The number of amides is 1. The molecule has 0 bridgehead atoms. The third-order valence-electron chi connectivity index (χ3n) is 5.86. The van der Waals surface area contributed by atoms with Crippen LogP contribution in [0.1, 0.15) is 19.3 Å². The normalized spacial score (nSPS) is 14.1. The molecule has 1 heterocycles. The Hall–Kier alpha value is -3.47. The molecule has 0 radical (unpaired) electrons. The summed E-state index contributed by atoms with van der Waals surface area (Å²) in [6, 6.07) is 26.5. The minimum absolute atomic E-state index is 0.0464. The lowest BCUT2D eigenvalue weighted by Gasteiger charge is -2.34. The molecule has 1 saturated heterocycles. The van der Waals surface area contributed by atoms with Crippen molar-refractivity contribution >= 4 is 11.6 Å². The maximum absolute atomic E-state index is 12.5. The van der Waals surface area contributed by atoms with Gasteiger partial charge in [-0.25, -0.2) is 0 Å². The molecule has 1 aliphatic rings. The number of piperidine rings is 1. The van der Waals surface area contributed by atoms with Gasteiger partial charge in [0.1, 0.15) is 11.5 Å². The number of ether oxygens (including phenoxy) is 2. The minimum Gasteiger partial charge on any atom is -0.497 e. The molecule has 3 aromatic carbocycles. The quantitative estimate of drug-likeness (QED) is 0.551. The first-order valence-electron chi connectivity index (χ1n) is 11.2. The molecule has 0 spiro atoms. The fourth-order valence-electron chi connectivity index (χ4n) is 4.08. The van der Waals surface area contributed by atoms with Crippen molar-refractivity contribution in [1.82, 2.24) is 5.32 Å². The molecule has 0 atom stereocenters. The van der Waals surface area contributed by atoms with Gasteiger partial charge in [-0.3, -0.25) is 4.79 Å². The van der Waals surface area contributed by atoms with E-state index in [9.17, 15) is 4.79 Å². The van der Waals surface area contributed by atoms with Crippen molar-refractivity contribution in [2.24, 2.45) is 0 Å². The third kappa shape index (κ3) is 5.61. The fraction of sp³-hybridized carbons (Fsp3) is 0.296. The van der Waals surface area contributed by atoms with Crippen molar-refractivity contribution < 1.29 is 14.3 Å². The monoisotopic (exact) mass is 430 g/mol. The highest BCUT2D eigenvalue weighted by atomic mass is 16.5. The van der Waals surface area contributed by atoms with E-state index in [4.69, 9.17) is 9.47 Å². The molecule has 1 aliphatic heterocycles. The molecule has 32 heavy (non-hydrogen) atoms. The van der Waals surface area contributed by atoms with E-state index < -0.39 is 0 Å². The predicted molar refractivity (Wildman–Crippen MR) is 128 cm³/mol. The summed E-state index contributed by atoms with van der Waals surface area (Å²) in [7, 11) is 1.68. The van der Waals surface area contributed by atoms with Gasteiger partial charge in [-0.15, -0.1) is 0 Å². The highest BCUT2D eigenvalue weighted by Gasteiger charge is 2.21. The SMILES string of the molecule is COc1ccc(N2CCC(NC(=O)CCOc3ccccc3-c3ccccc3)CC2)cc1. The zero-order valence-electron chi connectivity index (χ0n) is 18.5. The molecule has 4 rings (SSSR count). The van der Waals surface area contributed by atoms with Gasteiger partial charge in [0.2, 0.25) is 5.91 Å². The van der Waals surface area contributed by atoms with Crippen molar-refractivity contribution in [3.8, 4) is 22.6 Å². The molecule has 1 N–H and O–H groups in total. The lowest BCUT2D eigenvalue weighted by atomic mass is 10.0. The van der Waals surface area contributed by atoms with Crippen LogP contribution in [0.2, 0.25) is 0 Å². The van der Waals surface area contributed by atoms with E-state index in [0.717, 1.165) is 48.6 Å². The van der Waals surface area contributed by atoms with Crippen LogP contribution < -0.4 is 19.7 Å². The Labute approximate surface area is 190 Å². The standard InChI is InChI=1S/C27H30N2O3/c1-31-24-13-11-23(12-14-24)29-18-15-22(16-19-29)28-27(30)17-20-32-26-10-6-5-9-25(26)21-7-3-2-4-8-21/h2-14,22H,15-20H2,1H3,(H,28,30). The number of hydrogen-bond acceptors (Lipinski definition) is 4. The first kappa shape index (κ1) is 21.8. The number of carbonyl (C=O) groups excluding carboxylic acids is 1. The number of nitrogens with zero attached hydrogens (tertiary/aromatic N) is 1. The molecule has 0 aliphatic carbocycles. The highest BCUT2D eigenvalue weighted by molar-refractivity contribution is 5.76. The Morgan fingerprint density at radius 2 is 1.62 bits per heavy atom. The van der Waals surface area contributed by atoms with Gasteiger partial charge in [0, 0.05) is 30.4 Å². The Kier molecular flexibility index (Phi) is 7.28. The maximum Gasteiger partial charge on any atom is 0.223 e. The third-order valence-corrected chi connectivity index (χ3v) is 5.86. The van der Waals surface area contributed by atoms with Gasteiger partial charge in [0.25, 0.3) is 0 Å². The molecule has 166 valence electrons. The number of rotatable bonds is 8. The molecule has 5 nitrogen and oxygen atoms in total. The van der Waals surface area contributed by atoms with E-state index >= 15 is 0 Å². The number of nitrogens with one attached hydrogen (secondary N) is 1. The molecule has 1 fully saturated rings. The molecule has 0 aromatic heterocycles. The first-order valence-corrected chi connectivity index (χ1v) is 11.2. The number of carbonyl (C=O) groups is 1. The van der Waals surface area contributed by atoms with Crippen LogP contribution >= 0.6 is 0 Å². The van der Waals surface area contributed by atoms with Crippen LogP contribution in [0.3, 0.4) is 0 Å². The van der Waals surface area contributed by atoms with Crippen molar-refractivity contribution in [2.45, 2.75) is 25.3 Å². The zero-order chi connectivity index (χ0) is 22.2. The molecular formula is C27H30N2O3. The molecular weight excluding hydrogens is 400 g/mol. The van der Waals surface area contributed by atoms with Crippen molar-refractivity contribution in [3.05, 3.63) is 78.9 Å². The maximum atomic E-state index is 12.5. The molecule has 5 heteroatoms. The second-order valence-electron chi connectivity index (χ2n) is 7.99. The topological polar surface area (TPSA) is 50.8 Å². The summed E-state index contributed by atoms with van der Waals surface area (Å²) in [4.78, 5) is 14.8. The molecule has 1 amide bonds. The van der Waals surface area contributed by atoms with Crippen molar-refractivity contribution in [2.75, 3.05) is 31.7 Å². The van der Waals surface area contributed by atoms with Gasteiger partial charge in [0.05, 0.1) is 20.1 Å². The van der Waals surface area contributed by atoms with Crippen LogP contribution in [0.25, 0.3) is 11.1 Å².